The summed E-state index contributed by atoms with van der Waals surface area (Å²) in [4.78, 5) is 18.7. The fourth-order valence-corrected chi connectivity index (χ4v) is 4.53. The minimum Gasteiger partial charge on any atom is -0.507 e. The van der Waals surface area contributed by atoms with Crippen LogP contribution in [0.3, 0.4) is 0 Å². The number of imidazole rings is 1. The lowest BCUT2D eigenvalue weighted by atomic mass is 9.78. The zero-order chi connectivity index (χ0) is 27.7. The number of carbonyl (C=O) groups excluding carboxylic acids is 1. The maximum atomic E-state index is 13.7. The van der Waals surface area contributed by atoms with E-state index in [9.17, 15) is 9.90 Å². The number of hydrogen-bond donors (Lipinski definition) is 1. The molecule has 0 aliphatic carbocycles. The van der Waals surface area contributed by atoms with Crippen molar-refractivity contribution in [3.63, 3.8) is 0 Å². The van der Waals surface area contributed by atoms with Crippen LogP contribution in [0.25, 0.3) is 0 Å². The van der Waals surface area contributed by atoms with Gasteiger partial charge in [-0.3, -0.25) is 4.79 Å². The largest absolute Gasteiger partial charge is 0.507 e. The Hall–Kier alpha value is -3.57. The molecule has 0 fully saturated rings. The Morgan fingerprint density at radius 3 is 1.90 bits per heavy atom. The summed E-state index contributed by atoms with van der Waals surface area (Å²) in [7, 11) is 0. The second-order valence-corrected chi connectivity index (χ2v) is 12.1. The molecule has 4 rings (SSSR count). The molecule has 0 bridgehead atoms. The molecule has 4 aromatic rings. The van der Waals surface area contributed by atoms with Crippen molar-refractivity contribution in [2.45, 2.75) is 72.4 Å². The van der Waals surface area contributed by atoms with Crippen molar-refractivity contribution in [2.24, 2.45) is 4.99 Å². The molecule has 0 saturated heterocycles. The molecule has 3 aromatic carbocycles. The molecule has 206 valence electrons. The van der Waals surface area contributed by atoms with Crippen LogP contribution in [0.1, 0.15) is 74.2 Å². The summed E-state index contributed by atoms with van der Waals surface area (Å²) >= 11 is 0. The van der Waals surface area contributed by atoms with E-state index in [2.05, 4.69) is 65.2 Å². The molecule has 0 atom stereocenters. The zero-order valence-corrected chi connectivity index (χ0v) is 24.8. The highest BCUT2D eigenvalue weighted by atomic mass is 35.5. The highest BCUT2D eigenvalue weighted by Gasteiger charge is 2.28. The van der Waals surface area contributed by atoms with Gasteiger partial charge in [-0.2, -0.15) is 0 Å². The van der Waals surface area contributed by atoms with Gasteiger partial charge in [-0.1, -0.05) is 89.6 Å². The Labute approximate surface area is 238 Å². The van der Waals surface area contributed by atoms with E-state index >= 15 is 0 Å². The van der Waals surface area contributed by atoms with E-state index in [0.717, 1.165) is 22.4 Å². The first-order valence-electron chi connectivity index (χ1n) is 13.1. The van der Waals surface area contributed by atoms with Crippen LogP contribution in [0.15, 0.2) is 84.1 Å². The maximum absolute atomic E-state index is 13.7. The Morgan fingerprint density at radius 2 is 1.36 bits per heavy atom. The van der Waals surface area contributed by atoms with Crippen molar-refractivity contribution in [3.8, 4) is 5.75 Å². The van der Waals surface area contributed by atoms with Crippen molar-refractivity contribution in [1.82, 2.24) is 9.13 Å². The Morgan fingerprint density at radius 1 is 0.821 bits per heavy atom. The highest BCUT2D eigenvalue weighted by Crippen LogP contribution is 2.39. The Bertz CT molecular complexity index is 1460. The van der Waals surface area contributed by atoms with Gasteiger partial charge in [0.25, 0.3) is 0 Å². The van der Waals surface area contributed by atoms with Gasteiger partial charge in [0.15, 0.2) is 5.78 Å². The van der Waals surface area contributed by atoms with Gasteiger partial charge in [-0.05, 0) is 47.6 Å². The predicted octanol–water partition coefficient (Wildman–Crippen LogP) is 7.48. The number of phenolic OH excluding ortho intramolecular Hbond substituents is 1. The molecule has 0 saturated carbocycles. The molecule has 6 heteroatoms. The molecule has 0 radical (unpaired) electrons. The smallest absolute Gasteiger partial charge is 0.210 e. The average Bonchev–Trinajstić information content (AvgIpc) is 3.20. The number of rotatable bonds is 6. The van der Waals surface area contributed by atoms with Crippen molar-refractivity contribution in [3.05, 3.63) is 113 Å². The molecule has 0 spiro atoms. The van der Waals surface area contributed by atoms with Crippen molar-refractivity contribution < 1.29 is 9.90 Å². The number of benzene rings is 3. The number of halogens is 1. The number of Topliss-reactive ketones (excluding diaryl/α,β-unsaturated/α-hetero) is 1. The van der Waals surface area contributed by atoms with Gasteiger partial charge < -0.3 is 14.2 Å². The third-order valence-corrected chi connectivity index (χ3v) is 6.76. The molecular weight excluding hydrogens is 506 g/mol. The van der Waals surface area contributed by atoms with Gasteiger partial charge in [0, 0.05) is 29.1 Å². The van der Waals surface area contributed by atoms with Gasteiger partial charge in [0.2, 0.25) is 5.62 Å². The maximum Gasteiger partial charge on any atom is 0.210 e. The summed E-state index contributed by atoms with van der Waals surface area (Å²) in [6.07, 6.45) is 3.90. The number of phenols is 1. The molecule has 5 nitrogen and oxygen atoms in total. The van der Waals surface area contributed by atoms with Crippen LogP contribution < -0.4 is 5.62 Å². The Balaban J connectivity index is 0.00000420. The van der Waals surface area contributed by atoms with E-state index in [4.69, 9.17) is 4.99 Å². The van der Waals surface area contributed by atoms with Gasteiger partial charge in [0.05, 0.1) is 18.8 Å². The van der Waals surface area contributed by atoms with E-state index in [-0.39, 0.29) is 41.3 Å². The van der Waals surface area contributed by atoms with Crippen LogP contribution in [0, 0.1) is 6.92 Å². The summed E-state index contributed by atoms with van der Waals surface area (Å²) in [5, 5.41) is 11.1. The van der Waals surface area contributed by atoms with Gasteiger partial charge >= 0.3 is 0 Å². The molecule has 0 aliphatic rings. The molecule has 1 heterocycles. The van der Waals surface area contributed by atoms with E-state index < -0.39 is 0 Å². The standard InChI is InChI=1S/C33H39N3O2.ClH/c1-23-13-15-26(16-14-23)34-31-35(21-24-11-9-8-10-12-24)17-18-36(31)22-29(37)25-19-27(32(2,3)4)30(38)28(20-25)33(5,6)7;/h8-20,38H,21-22H2,1-7H3;1H. The first-order chi connectivity index (χ1) is 17.8. The fourth-order valence-electron chi connectivity index (χ4n) is 4.53. The van der Waals surface area contributed by atoms with Crippen molar-refractivity contribution in [1.29, 1.82) is 0 Å². The van der Waals surface area contributed by atoms with Crippen LogP contribution >= 0.6 is 12.4 Å². The van der Waals surface area contributed by atoms with Crippen LogP contribution in [0.2, 0.25) is 0 Å². The number of nitrogens with zero attached hydrogens (tertiary/aromatic N) is 3. The number of hydrogen-bond acceptors (Lipinski definition) is 3. The average molecular weight is 546 g/mol. The predicted molar refractivity (Wildman–Crippen MR) is 161 cm³/mol. The summed E-state index contributed by atoms with van der Waals surface area (Å²) in [5.74, 6) is 0.252. The zero-order valence-electron chi connectivity index (χ0n) is 24.0. The second kappa shape index (κ2) is 11.7. The van der Waals surface area contributed by atoms with Gasteiger partial charge in [-0.15, -0.1) is 12.4 Å². The monoisotopic (exact) mass is 545 g/mol. The highest BCUT2D eigenvalue weighted by molar-refractivity contribution is 5.96. The molecule has 0 aliphatic heterocycles. The van der Waals surface area contributed by atoms with Crippen LogP contribution in [-0.2, 0) is 23.9 Å². The number of carbonyl (C=O) groups is 1. The number of aryl methyl sites for hydroxylation is 1. The third-order valence-electron chi connectivity index (χ3n) is 6.76. The third kappa shape index (κ3) is 7.10. The molecule has 1 N–H and O–H groups in total. The SMILES string of the molecule is Cc1ccc(N=c2n(CC(=O)c3cc(C(C)(C)C)c(O)c(C(C)(C)C)c3)ccn2Cc2ccccc2)cc1.Cl. The minimum atomic E-state index is -0.307. The molecule has 1 aromatic heterocycles. The lowest BCUT2D eigenvalue weighted by Crippen LogP contribution is -2.29. The van der Waals surface area contributed by atoms with E-state index in [1.54, 1.807) is 0 Å². The lowest BCUT2D eigenvalue weighted by Gasteiger charge is -2.28. The fraction of sp³-hybridized carbons (Fsp3) is 0.333. The summed E-state index contributed by atoms with van der Waals surface area (Å²) in [6, 6.07) is 22.0. The quantitative estimate of drug-likeness (QED) is 0.255. The lowest BCUT2D eigenvalue weighted by molar-refractivity contribution is 0.0970. The first-order valence-corrected chi connectivity index (χ1v) is 13.1. The van der Waals surface area contributed by atoms with E-state index in [1.807, 2.05) is 71.6 Å². The minimum absolute atomic E-state index is 0. The van der Waals surface area contributed by atoms with E-state index in [1.165, 1.54) is 5.56 Å². The second-order valence-electron chi connectivity index (χ2n) is 12.1. The van der Waals surface area contributed by atoms with Crippen molar-refractivity contribution in [2.75, 3.05) is 0 Å². The molecule has 0 amide bonds. The van der Waals surface area contributed by atoms with E-state index in [0.29, 0.717) is 17.7 Å². The number of ketones is 1. The first kappa shape index (κ1) is 30.0. The van der Waals surface area contributed by atoms with Crippen LogP contribution in [0.4, 0.5) is 5.69 Å². The van der Waals surface area contributed by atoms with Crippen LogP contribution in [0.5, 0.6) is 5.75 Å². The van der Waals surface area contributed by atoms with Crippen LogP contribution in [-0.4, -0.2) is 20.0 Å². The summed E-state index contributed by atoms with van der Waals surface area (Å²) in [5.41, 5.74) is 5.41. The molecular formula is C33H40ClN3O2. The van der Waals surface area contributed by atoms with Crippen molar-refractivity contribution >= 4 is 23.9 Å². The summed E-state index contributed by atoms with van der Waals surface area (Å²) in [6.45, 7) is 15.2. The normalized spacial score (nSPS) is 12.3. The number of aromatic nitrogens is 2. The van der Waals surface area contributed by atoms with Gasteiger partial charge in [0.1, 0.15) is 5.75 Å². The molecule has 39 heavy (non-hydrogen) atoms. The topological polar surface area (TPSA) is 59.5 Å². The summed E-state index contributed by atoms with van der Waals surface area (Å²) < 4.78 is 3.98. The molecule has 0 unspecified atom stereocenters. The Kier molecular flexibility index (Phi) is 8.97. The number of aromatic hydroxyl groups is 1. The van der Waals surface area contributed by atoms with Gasteiger partial charge in [-0.25, -0.2) is 4.99 Å².